The molecule has 0 aliphatic heterocycles. The molecule has 0 aliphatic rings. The number of anilines is 1. The molecule has 0 bridgehead atoms. The molecule has 2 nitrogen and oxygen atoms in total. The molecule has 4 heteroatoms. The number of nitrogens with two attached hydrogens (primary N) is 1. The highest BCUT2D eigenvalue weighted by Crippen LogP contribution is 2.28. The van der Waals surface area contributed by atoms with E-state index >= 15 is 0 Å². The number of hydrogen-bond acceptors (Lipinski definition) is 2. The molecule has 0 amide bonds. The summed E-state index contributed by atoms with van der Waals surface area (Å²) in [5.74, 6) is 0. The maximum Gasteiger partial charge on any atom is 0.0595 e. The molecule has 2 aromatic rings. The molecule has 0 saturated carbocycles. The van der Waals surface area contributed by atoms with Gasteiger partial charge < -0.3 is 10.6 Å². The molecule has 2 aromatic carbocycles. The largest absolute Gasteiger partial charge is 0.378 e. The first kappa shape index (κ1) is 14.2. The van der Waals surface area contributed by atoms with E-state index in [1.54, 1.807) is 6.07 Å². The molecule has 100 valence electrons. The van der Waals surface area contributed by atoms with E-state index in [1.165, 1.54) is 0 Å². The van der Waals surface area contributed by atoms with E-state index in [4.69, 9.17) is 28.9 Å². The van der Waals surface area contributed by atoms with E-state index in [1.807, 2.05) is 49.3 Å². The topological polar surface area (TPSA) is 29.3 Å². The van der Waals surface area contributed by atoms with Crippen LogP contribution in [0.15, 0.2) is 42.5 Å². The van der Waals surface area contributed by atoms with Crippen LogP contribution in [0, 0.1) is 0 Å². The van der Waals surface area contributed by atoms with Crippen LogP contribution in [0.25, 0.3) is 0 Å². The summed E-state index contributed by atoms with van der Waals surface area (Å²) in [7, 11) is 4.01. The molecule has 0 radical (unpaired) electrons. The van der Waals surface area contributed by atoms with Crippen LogP contribution in [0.1, 0.15) is 17.2 Å². The molecule has 0 aliphatic carbocycles. The monoisotopic (exact) mass is 294 g/mol. The van der Waals surface area contributed by atoms with Crippen LogP contribution >= 0.6 is 23.2 Å². The van der Waals surface area contributed by atoms with Gasteiger partial charge in [-0.2, -0.15) is 0 Å². The summed E-state index contributed by atoms with van der Waals surface area (Å²) in [6.45, 7) is 0. The van der Waals surface area contributed by atoms with Gasteiger partial charge in [0.1, 0.15) is 0 Å². The maximum absolute atomic E-state index is 6.28. The molecule has 0 fully saturated rings. The van der Waals surface area contributed by atoms with E-state index in [9.17, 15) is 0 Å². The SMILES string of the molecule is CN(C)c1cccc(C(N)c2ccc(Cl)c(Cl)c2)c1. The first-order valence-corrected chi connectivity index (χ1v) is 6.72. The Labute approximate surface area is 123 Å². The lowest BCUT2D eigenvalue weighted by molar-refractivity contribution is 0.870. The fraction of sp³-hybridized carbons (Fsp3) is 0.200. The summed E-state index contributed by atoms with van der Waals surface area (Å²) in [4.78, 5) is 2.05. The van der Waals surface area contributed by atoms with Crippen molar-refractivity contribution in [2.24, 2.45) is 5.73 Å². The van der Waals surface area contributed by atoms with Crippen molar-refractivity contribution in [1.82, 2.24) is 0 Å². The van der Waals surface area contributed by atoms with Gasteiger partial charge in [0.2, 0.25) is 0 Å². The Hall–Kier alpha value is -1.22. The zero-order valence-corrected chi connectivity index (χ0v) is 12.4. The van der Waals surface area contributed by atoms with Crippen LogP contribution in [-0.4, -0.2) is 14.1 Å². The average molecular weight is 295 g/mol. The van der Waals surface area contributed by atoms with Crippen molar-refractivity contribution >= 4 is 28.9 Å². The normalized spacial score (nSPS) is 12.3. The zero-order valence-electron chi connectivity index (χ0n) is 10.9. The van der Waals surface area contributed by atoms with Crippen LogP contribution in [-0.2, 0) is 0 Å². The number of hydrogen-bond donors (Lipinski definition) is 1. The third-order valence-electron chi connectivity index (χ3n) is 3.05. The highest BCUT2D eigenvalue weighted by Gasteiger charge is 2.11. The lowest BCUT2D eigenvalue weighted by Gasteiger charge is -2.17. The number of rotatable bonds is 3. The maximum atomic E-state index is 6.28. The lowest BCUT2D eigenvalue weighted by atomic mass is 9.99. The van der Waals surface area contributed by atoms with Gasteiger partial charge in [-0.15, -0.1) is 0 Å². The van der Waals surface area contributed by atoms with Crippen LogP contribution < -0.4 is 10.6 Å². The van der Waals surface area contributed by atoms with Gasteiger partial charge in [0.25, 0.3) is 0 Å². The molecular formula is C15H16Cl2N2. The van der Waals surface area contributed by atoms with Crippen LogP contribution in [0.5, 0.6) is 0 Å². The molecule has 0 saturated heterocycles. The van der Waals surface area contributed by atoms with E-state index in [-0.39, 0.29) is 6.04 Å². The predicted octanol–water partition coefficient (Wildman–Crippen LogP) is 4.11. The first-order valence-electron chi connectivity index (χ1n) is 5.97. The van der Waals surface area contributed by atoms with Crippen molar-refractivity contribution in [2.45, 2.75) is 6.04 Å². The highest BCUT2D eigenvalue weighted by atomic mass is 35.5. The molecular weight excluding hydrogens is 279 g/mol. The first-order chi connectivity index (χ1) is 8.99. The van der Waals surface area contributed by atoms with Crippen LogP contribution in [0.2, 0.25) is 10.0 Å². The van der Waals surface area contributed by atoms with Gasteiger partial charge in [0.15, 0.2) is 0 Å². The van der Waals surface area contributed by atoms with Crippen LogP contribution in [0.3, 0.4) is 0 Å². The molecule has 0 heterocycles. The van der Waals surface area contributed by atoms with Gasteiger partial charge >= 0.3 is 0 Å². The minimum Gasteiger partial charge on any atom is -0.378 e. The van der Waals surface area contributed by atoms with Crippen molar-refractivity contribution in [2.75, 3.05) is 19.0 Å². The second-order valence-corrected chi connectivity index (χ2v) is 5.46. The van der Waals surface area contributed by atoms with E-state index < -0.39 is 0 Å². The van der Waals surface area contributed by atoms with Crippen molar-refractivity contribution in [3.05, 3.63) is 63.6 Å². The molecule has 1 unspecified atom stereocenters. The zero-order chi connectivity index (χ0) is 14.0. The van der Waals surface area contributed by atoms with Gasteiger partial charge in [-0.25, -0.2) is 0 Å². The second kappa shape index (κ2) is 5.83. The third-order valence-corrected chi connectivity index (χ3v) is 3.79. The van der Waals surface area contributed by atoms with Gasteiger partial charge in [-0.05, 0) is 35.4 Å². The predicted molar refractivity (Wildman–Crippen MR) is 83.3 cm³/mol. The quantitative estimate of drug-likeness (QED) is 0.923. The lowest BCUT2D eigenvalue weighted by Crippen LogP contribution is -2.14. The Kier molecular flexibility index (Phi) is 4.35. The summed E-state index contributed by atoms with van der Waals surface area (Å²) in [5.41, 5.74) is 9.40. The van der Waals surface area contributed by atoms with Crippen molar-refractivity contribution in [3.63, 3.8) is 0 Å². The van der Waals surface area contributed by atoms with Gasteiger partial charge in [-0.3, -0.25) is 0 Å². The summed E-state index contributed by atoms with van der Waals surface area (Å²) in [6.07, 6.45) is 0. The molecule has 2 N–H and O–H groups in total. The molecule has 19 heavy (non-hydrogen) atoms. The van der Waals surface area contributed by atoms with Crippen LogP contribution in [0.4, 0.5) is 5.69 Å². The Bertz CT molecular complexity index is 582. The van der Waals surface area contributed by atoms with Gasteiger partial charge in [0, 0.05) is 19.8 Å². The second-order valence-electron chi connectivity index (χ2n) is 4.64. The Morgan fingerprint density at radius 2 is 1.63 bits per heavy atom. The fourth-order valence-electron chi connectivity index (χ4n) is 1.89. The average Bonchev–Trinajstić information content (AvgIpc) is 2.41. The van der Waals surface area contributed by atoms with Crippen molar-refractivity contribution < 1.29 is 0 Å². The summed E-state index contributed by atoms with van der Waals surface area (Å²) >= 11 is 12.0. The van der Waals surface area contributed by atoms with Crippen molar-refractivity contribution in [1.29, 1.82) is 0 Å². The fourth-order valence-corrected chi connectivity index (χ4v) is 2.20. The smallest absolute Gasteiger partial charge is 0.0595 e. The minimum absolute atomic E-state index is 0.213. The Balaban J connectivity index is 2.35. The van der Waals surface area contributed by atoms with E-state index in [0.717, 1.165) is 16.8 Å². The molecule has 0 aromatic heterocycles. The van der Waals surface area contributed by atoms with E-state index in [0.29, 0.717) is 10.0 Å². The summed E-state index contributed by atoms with van der Waals surface area (Å²) in [6, 6.07) is 13.4. The molecule has 2 rings (SSSR count). The standard InChI is InChI=1S/C15H16Cl2N2/c1-19(2)12-5-3-4-10(8-12)15(18)11-6-7-13(16)14(17)9-11/h3-9,15H,18H2,1-2H3. The third kappa shape index (κ3) is 3.21. The van der Waals surface area contributed by atoms with E-state index in [2.05, 4.69) is 6.07 Å². The Morgan fingerprint density at radius 3 is 2.26 bits per heavy atom. The minimum atomic E-state index is -0.213. The highest BCUT2D eigenvalue weighted by molar-refractivity contribution is 6.42. The number of benzene rings is 2. The van der Waals surface area contributed by atoms with Crippen molar-refractivity contribution in [3.8, 4) is 0 Å². The number of nitrogens with zero attached hydrogens (tertiary/aromatic N) is 1. The van der Waals surface area contributed by atoms with Gasteiger partial charge in [-0.1, -0.05) is 41.4 Å². The summed E-state index contributed by atoms with van der Waals surface area (Å²) in [5, 5.41) is 1.07. The van der Waals surface area contributed by atoms with Gasteiger partial charge in [0.05, 0.1) is 16.1 Å². The Morgan fingerprint density at radius 1 is 0.947 bits per heavy atom. The molecule has 0 spiro atoms. The number of halogens is 2. The molecule has 1 atom stereocenters. The summed E-state index contributed by atoms with van der Waals surface area (Å²) < 4.78 is 0.